The molecule has 0 saturated heterocycles. The van der Waals surface area contributed by atoms with Crippen molar-refractivity contribution in [3.05, 3.63) is 54.1 Å². The van der Waals surface area contributed by atoms with Crippen LogP contribution in [0.4, 0.5) is 11.4 Å². The van der Waals surface area contributed by atoms with Crippen molar-refractivity contribution in [3.63, 3.8) is 0 Å². The summed E-state index contributed by atoms with van der Waals surface area (Å²) in [5, 5.41) is 5.60. The van der Waals surface area contributed by atoms with E-state index in [1.807, 2.05) is 34.6 Å². The number of carbonyl (C=O) groups is 2. The molecule has 2 amide bonds. The lowest BCUT2D eigenvalue weighted by molar-refractivity contribution is -0.116. The molecule has 2 rings (SSSR count). The minimum Gasteiger partial charge on any atom is -0.326 e. The summed E-state index contributed by atoms with van der Waals surface area (Å²) in [7, 11) is -3.62. The Morgan fingerprint density at radius 2 is 1.32 bits per heavy atom. The maximum Gasteiger partial charge on any atom is 0.255 e. The highest BCUT2D eigenvalue weighted by Crippen LogP contribution is 2.21. The normalized spacial score (nSPS) is 11.8. The minimum absolute atomic E-state index is 0.0468. The van der Waals surface area contributed by atoms with Crippen LogP contribution in [0.5, 0.6) is 0 Å². The molecule has 0 heterocycles. The van der Waals surface area contributed by atoms with Crippen LogP contribution in [0.3, 0.4) is 0 Å². The van der Waals surface area contributed by atoms with Crippen LogP contribution < -0.4 is 10.6 Å². The van der Waals surface area contributed by atoms with Crippen molar-refractivity contribution in [2.45, 2.75) is 58.8 Å². The molecule has 7 nitrogen and oxygen atoms in total. The fourth-order valence-corrected chi connectivity index (χ4v) is 5.18. The summed E-state index contributed by atoms with van der Waals surface area (Å²) in [4.78, 5) is 24.6. The Hall–Kier alpha value is -2.71. The second-order valence-electron chi connectivity index (χ2n) is 9.32. The Kier molecular flexibility index (Phi) is 10.3. The van der Waals surface area contributed by atoms with Crippen LogP contribution in [0.25, 0.3) is 0 Å². The third-order valence-electron chi connectivity index (χ3n) is 5.08. The maximum absolute atomic E-state index is 13.1. The van der Waals surface area contributed by atoms with Crippen LogP contribution in [-0.2, 0) is 14.8 Å². The Labute approximate surface area is 204 Å². The van der Waals surface area contributed by atoms with E-state index >= 15 is 0 Å². The van der Waals surface area contributed by atoms with Gasteiger partial charge in [0.15, 0.2) is 0 Å². The first-order chi connectivity index (χ1) is 16.0. The van der Waals surface area contributed by atoms with Gasteiger partial charge in [0.25, 0.3) is 5.91 Å². The molecule has 2 aromatic carbocycles. The minimum atomic E-state index is -3.62. The predicted octanol–water partition coefficient (Wildman–Crippen LogP) is 5.37. The number of sulfonamides is 1. The second kappa shape index (κ2) is 12.7. The van der Waals surface area contributed by atoms with Crippen molar-refractivity contribution in [1.82, 2.24) is 4.31 Å². The lowest BCUT2D eigenvalue weighted by atomic mass is 10.1. The Morgan fingerprint density at radius 3 is 1.82 bits per heavy atom. The zero-order valence-corrected chi connectivity index (χ0v) is 21.6. The van der Waals surface area contributed by atoms with Crippen LogP contribution in [0.2, 0.25) is 0 Å². The molecule has 2 aromatic rings. The van der Waals surface area contributed by atoms with Gasteiger partial charge in [-0.05, 0) is 66.8 Å². The molecule has 0 radical (unpaired) electrons. The number of unbranched alkanes of at least 4 members (excludes halogenated alkanes) is 1. The highest BCUT2D eigenvalue weighted by molar-refractivity contribution is 7.89. The van der Waals surface area contributed by atoms with E-state index in [4.69, 9.17) is 0 Å². The maximum atomic E-state index is 13.1. The van der Waals surface area contributed by atoms with Gasteiger partial charge in [0, 0.05) is 36.4 Å². The third-order valence-corrected chi connectivity index (χ3v) is 6.92. The summed E-state index contributed by atoms with van der Waals surface area (Å²) in [6, 6.07) is 12.9. The summed E-state index contributed by atoms with van der Waals surface area (Å²) < 4.78 is 27.8. The van der Waals surface area contributed by atoms with E-state index in [1.165, 1.54) is 16.4 Å². The first-order valence-electron chi connectivity index (χ1n) is 11.8. The molecular weight excluding hydrogens is 450 g/mol. The molecule has 34 heavy (non-hydrogen) atoms. The van der Waals surface area contributed by atoms with Gasteiger partial charge in [0.05, 0.1) is 4.90 Å². The van der Waals surface area contributed by atoms with E-state index in [2.05, 4.69) is 10.6 Å². The van der Waals surface area contributed by atoms with Gasteiger partial charge in [-0.25, -0.2) is 8.42 Å². The summed E-state index contributed by atoms with van der Waals surface area (Å²) in [5.41, 5.74) is 1.57. The van der Waals surface area contributed by atoms with Gasteiger partial charge >= 0.3 is 0 Å². The first kappa shape index (κ1) is 27.5. The van der Waals surface area contributed by atoms with E-state index in [0.717, 1.165) is 12.8 Å². The van der Waals surface area contributed by atoms with Crippen molar-refractivity contribution in [2.24, 2.45) is 11.8 Å². The number of hydrogen-bond acceptors (Lipinski definition) is 4. The molecule has 0 saturated carbocycles. The van der Waals surface area contributed by atoms with Gasteiger partial charge in [0.1, 0.15) is 0 Å². The first-order valence-corrected chi connectivity index (χ1v) is 13.3. The van der Waals surface area contributed by atoms with Gasteiger partial charge in [-0.1, -0.05) is 41.0 Å². The molecule has 0 unspecified atom stereocenters. The topological polar surface area (TPSA) is 95.6 Å². The number of carbonyl (C=O) groups excluding carboxylic acids is 2. The van der Waals surface area contributed by atoms with Gasteiger partial charge in [-0.15, -0.1) is 0 Å². The highest BCUT2D eigenvalue weighted by Gasteiger charge is 2.25. The van der Waals surface area contributed by atoms with E-state index < -0.39 is 10.0 Å². The number of nitrogens with zero attached hydrogens (tertiary/aromatic N) is 1. The molecule has 8 heteroatoms. The number of nitrogens with one attached hydrogen (secondary N) is 2. The van der Waals surface area contributed by atoms with Crippen molar-refractivity contribution in [3.8, 4) is 0 Å². The highest BCUT2D eigenvalue weighted by atomic mass is 32.2. The summed E-state index contributed by atoms with van der Waals surface area (Å²) in [5.74, 6) is 0.0569. The number of amides is 2. The smallest absolute Gasteiger partial charge is 0.255 e. The number of rotatable bonds is 12. The molecule has 2 N–H and O–H groups in total. The fraction of sp³-hybridized carbons (Fsp3) is 0.462. The Balaban J connectivity index is 2.06. The van der Waals surface area contributed by atoms with E-state index in [9.17, 15) is 18.0 Å². The molecule has 0 fully saturated rings. The van der Waals surface area contributed by atoms with Crippen molar-refractivity contribution < 1.29 is 18.0 Å². The Bertz CT molecular complexity index is 1040. The molecule has 0 aliphatic heterocycles. The van der Waals surface area contributed by atoms with Crippen LogP contribution in [0.1, 0.15) is 64.2 Å². The summed E-state index contributed by atoms with van der Waals surface area (Å²) >= 11 is 0. The number of anilines is 2. The van der Waals surface area contributed by atoms with E-state index in [0.29, 0.717) is 36.4 Å². The van der Waals surface area contributed by atoms with Gasteiger partial charge < -0.3 is 10.6 Å². The zero-order valence-electron chi connectivity index (χ0n) is 20.8. The predicted molar refractivity (Wildman–Crippen MR) is 137 cm³/mol. The monoisotopic (exact) mass is 487 g/mol. The van der Waals surface area contributed by atoms with Gasteiger partial charge in [-0.3, -0.25) is 9.59 Å². The number of hydrogen-bond donors (Lipinski definition) is 2. The quantitative estimate of drug-likeness (QED) is 0.421. The summed E-state index contributed by atoms with van der Waals surface area (Å²) in [6.45, 7) is 10.9. The molecule has 0 aliphatic rings. The largest absolute Gasteiger partial charge is 0.326 e. The van der Waals surface area contributed by atoms with Gasteiger partial charge in [0.2, 0.25) is 15.9 Å². The average molecular weight is 488 g/mol. The molecule has 0 atom stereocenters. The van der Waals surface area contributed by atoms with Crippen molar-refractivity contribution in [2.75, 3.05) is 23.7 Å². The van der Waals surface area contributed by atoms with Crippen molar-refractivity contribution >= 4 is 33.2 Å². The van der Waals surface area contributed by atoms with E-state index in [-0.39, 0.29) is 28.5 Å². The van der Waals surface area contributed by atoms with Crippen molar-refractivity contribution in [1.29, 1.82) is 0 Å². The average Bonchev–Trinajstić information content (AvgIpc) is 2.77. The second-order valence-corrected chi connectivity index (χ2v) is 11.3. The molecule has 186 valence electrons. The molecule has 0 aliphatic carbocycles. The molecular formula is C26H37N3O4S. The molecule has 0 aromatic heterocycles. The fourth-order valence-electron chi connectivity index (χ4n) is 3.41. The number of benzene rings is 2. The molecule has 0 bridgehead atoms. The van der Waals surface area contributed by atoms with Crippen LogP contribution >= 0.6 is 0 Å². The standard InChI is InChI=1S/C26H37N3O4S/c1-6-7-8-25(30)27-22-11-9-21(10-12-22)26(31)28-23-13-15-24(16-14-23)34(32,33)29(17-19(2)3)18-20(4)5/h9-16,19-20H,6-8,17-18H2,1-5H3,(H,27,30)(H,28,31). The zero-order chi connectivity index (χ0) is 25.3. The van der Waals surface area contributed by atoms with Crippen LogP contribution in [0.15, 0.2) is 53.4 Å². The SMILES string of the molecule is CCCCC(=O)Nc1ccc(C(=O)Nc2ccc(S(=O)(=O)N(CC(C)C)CC(C)C)cc2)cc1. The molecule has 0 spiro atoms. The lowest BCUT2D eigenvalue weighted by Gasteiger charge is -2.25. The van der Waals surface area contributed by atoms with Gasteiger partial charge in [-0.2, -0.15) is 4.31 Å². The van der Waals surface area contributed by atoms with Crippen LogP contribution in [0, 0.1) is 11.8 Å². The lowest BCUT2D eigenvalue weighted by Crippen LogP contribution is -2.37. The Morgan fingerprint density at radius 1 is 0.824 bits per heavy atom. The summed E-state index contributed by atoms with van der Waals surface area (Å²) in [6.07, 6.45) is 2.25. The third kappa shape index (κ3) is 8.25. The van der Waals surface area contributed by atoms with Crippen LogP contribution in [-0.4, -0.2) is 37.6 Å². The van der Waals surface area contributed by atoms with E-state index in [1.54, 1.807) is 36.4 Å².